The van der Waals surface area contributed by atoms with Gasteiger partial charge in [0, 0.05) is 23.5 Å². The van der Waals surface area contributed by atoms with Gasteiger partial charge in [-0.05, 0) is 50.0 Å². The number of amides is 2. The molecule has 0 bridgehead atoms. The molecule has 0 unspecified atom stereocenters. The van der Waals surface area contributed by atoms with Crippen molar-refractivity contribution in [1.29, 1.82) is 0 Å². The van der Waals surface area contributed by atoms with E-state index in [-0.39, 0.29) is 6.03 Å². The number of aromatic nitrogens is 1. The molecule has 1 aromatic rings. The minimum Gasteiger partial charge on any atom is -0.335 e. The Balaban J connectivity index is 1.56. The van der Waals surface area contributed by atoms with Crippen LogP contribution in [-0.2, 0) is 6.54 Å². The van der Waals surface area contributed by atoms with Gasteiger partial charge in [-0.15, -0.1) is 0 Å². The lowest BCUT2D eigenvalue weighted by Crippen LogP contribution is -2.47. The standard InChI is InChI=1S/C18H27N3OS/c1-2-23-17-8-5-7-14(12-17)20-18(22)21(16-9-10-16)13-15-6-3-4-11-19-15/h3-4,6,11,14,16-17H,2,5,7-10,12-13H2,1H3,(H,20,22)/t14-,17-/m0/s1. The van der Waals surface area contributed by atoms with Crippen LogP contribution in [0.5, 0.6) is 0 Å². The molecular formula is C18H27N3OS. The van der Waals surface area contributed by atoms with Crippen molar-refractivity contribution in [2.45, 2.75) is 69.3 Å². The summed E-state index contributed by atoms with van der Waals surface area (Å²) in [4.78, 5) is 19.1. The van der Waals surface area contributed by atoms with E-state index in [0.29, 0.717) is 23.9 Å². The highest BCUT2D eigenvalue weighted by Gasteiger charge is 2.34. The summed E-state index contributed by atoms with van der Waals surface area (Å²) in [5.74, 6) is 1.17. The number of rotatable bonds is 6. The van der Waals surface area contributed by atoms with Crippen LogP contribution >= 0.6 is 11.8 Å². The molecule has 0 aromatic carbocycles. The average molecular weight is 334 g/mol. The first-order valence-electron chi connectivity index (χ1n) is 8.85. The van der Waals surface area contributed by atoms with Gasteiger partial charge >= 0.3 is 6.03 Å². The first kappa shape index (κ1) is 16.6. The van der Waals surface area contributed by atoms with Crippen molar-refractivity contribution >= 4 is 17.8 Å². The first-order chi connectivity index (χ1) is 11.3. The summed E-state index contributed by atoms with van der Waals surface area (Å²) in [6.07, 6.45) is 8.81. The van der Waals surface area contributed by atoms with Gasteiger partial charge in [-0.1, -0.05) is 19.4 Å². The lowest BCUT2D eigenvalue weighted by Gasteiger charge is -2.31. The second kappa shape index (κ2) is 8.04. The van der Waals surface area contributed by atoms with E-state index in [4.69, 9.17) is 0 Å². The summed E-state index contributed by atoms with van der Waals surface area (Å²) in [6.45, 7) is 2.84. The molecule has 2 amide bonds. The summed E-state index contributed by atoms with van der Waals surface area (Å²) >= 11 is 2.04. The molecule has 5 heteroatoms. The zero-order valence-corrected chi connectivity index (χ0v) is 14.7. The fourth-order valence-electron chi connectivity index (χ4n) is 3.34. The third-order valence-corrected chi connectivity index (χ3v) is 5.90. The lowest BCUT2D eigenvalue weighted by molar-refractivity contribution is 0.184. The Bertz CT molecular complexity index is 504. The SMILES string of the molecule is CCS[C@H]1CCC[C@H](NC(=O)N(Cc2ccccn2)C2CC2)C1. The summed E-state index contributed by atoms with van der Waals surface area (Å²) in [7, 11) is 0. The molecule has 1 heterocycles. The zero-order valence-electron chi connectivity index (χ0n) is 13.9. The molecular weight excluding hydrogens is 306 g/mol. The largest absolute Gasteiger partial charge is 0.335 e. The average Bonchev–Trinajstić information content (AvgIpc) is 3.39. The molecule has 0 radical (unpaired) electrons. The van der Waals surface area contributed by atoms with Gasteiger partial charge in [0.25, 0.3) is 0 Å². The number of hydrogen-bond acceptors (Lipinski definition) is 3. The van der Waals surface area contributed by atoms with Crippen LogP contribution in [0, 0.1) is 0 Å². The highest BCUT2D eigenvalue weighted by atomic mass is 32.2. The molecule has 0 spiro atoms. The van der Waals surface area contributed by atoms with Crippen LogP contribution in [0.25, 0.3) is 0 Å². The van der Waals surface area contributed by atoms with Crippen LogP contribution in [0.15, 0.2) is 24.4 Å². The van der Waals surface area contributed by atoms with Gasteiger partial charge in [0.15, 0.2) is 0 Å². The smallest absolute Gasteiger partial charge is 0.318 e. The maximum Gasteiger partial charge on any atom is 0.318 e. The summed E-state index contributed by atoms with van der Waals surface area (Å²) < 4.78 is 0. The Hall–Kier alpha value is -1.23. The molecule has 2 aliphatic carbocycles. The van der Waals surface area contributed by atoms with E-state index in [9.17, 15) is 4.79 Å². The zero-order chi connectivity index (χ0) is 16.1. The summed E-state index contributed by atoms with van der Waals surface area (Å²) in [6, 6.07) is 6.74. The quantitative estimate of drug-likeness (QED) is 0.861. The minimum absolute atomic E-state index is 0.102. The molecule has 2 fully saturated rings. The van der Waals surface area contributed by atoms with Gasteiger partial charge < -0.3 is 10.2 Å². The third-order valence-electron chi connectivity index (χ3n) is 4.66. The molecule has 0 aliphatic heterocycles. The molecule has 3 rings (SSSR count). The van der Waals surface area contributed by atoms with Crippen LogP contribution in [0.1, 0.15) is 51.1 Å². The highest BCUT2D eigenvalue weighted by molar-refractivity contribution is 7.99. The van der Waals surface area contributed by atoms with Crippen molar-refractivity contribution in [3.63, 3.8) is 0 Å². The molecule has 2 atom stereocenters. The second-order valence-electron chi connectivity index (χ2n) is 6.57. The van der Waals surface area contributed by atoms with E-state index in [0.717, 1.165) is 31.4 Å². The van der Waals surface area contributed by atoms with E-state index < -0.39 is 0 Å². The number of nitrogens with one attached hydrogen (secondary N) is 1. The van der Waals surface area contributed by atoms with Crippen molar-refractivity contribution in [3.05, 3.63) is 30.1 Å². The Labute approximate surface area is 143 Å². The number of urea groups is 1. The number of hydrogen-bond donors (Lipinski definition) is 1. The second-order valence-corrected chi connectivity index (χ2v) is 8.15. The molecule has 23 heavy (non-hydrogen) atoms. The number of nitrogens with zero attached hydrogens (tertiary/aromatic N) is 2. The fourth-order valence-corrected chi connectivity index (χ4v) is 4.51. The van der Waals surface area contributed by atoms with Gasteiger partial charge in [0.2, 0.25) is 0 Å². The van der Waals surface area contributed by atoms with Crippen LogP contribution in [-0.4, -0.2) is 39.0 Å². The fraction of sp³-hybridized carbons (Fsp3) is 0.667. The maximum atomic E-state index is 12.7. The van der Waals surface area contributed by atoms with E-state index in [1.165, 1.54) is 18.6 Å². The predicted molar refractivity (Wildman–Crippen MR) is 95.5 cm³/mol. The van der Waals surface area contributed by atoms with E-state index in [1.807, 2.05) is 34.9 Å². The van der Waals surface area contributed by atoms with Gasteiger partial charge in [0.1, 0.15) is 0 Å². The van der Waals surface area contributed by atoms with Crippen molar-refractivity contribution < 1.29 is 4.79 Å². The summed E-state index contributed by atoms with van der Waals surface area (Å²) in [5.41, 5.74) is 0.970. The Morgan fingerprint density at radius 3 is 2.91 bits per heavy atom. The highest BCUT2D eigenvalue weighted by Crippen LogP contribution is 2.30. The van der Waals surface area contributed by atoms with Crippen molar-refractivity contribution in [1.82, 2.24) is 15.2 Å². The maximum absolute atomic E-state index is 12.7. The normalized spacial score (nSPS) is 24.2. The van der Waals surface area contributed by atoms with E-state index in [2.05, 4.69) is 17.2 Å². The monoisotopic (exact) mass is 333 g/mol. The van der Waals surface area contributed by atoms with Crippen LogP contribution in [0.3, 0.4) is 0 Å². The molecule has 2 saturated carbocycles. The summed E-state index contributed by atoms with van der Waals surface area (Å²) in [5, 5.41) is 4.01. The van der Waals surface area contributed by atoms with Gasteiger partial charge in [0.05, 0.1) is 12.2 Å². The van der Waals surface area contributed by atoms with Crippen molar-refractivity contribution in [3.8, 4) is 0 Å². The molecule has 4 nitrogen and oxygen atoms in total. The Kier molecular flexibility index (Phi) is 5.81. The number of thioether (sulfide) groups is 1. The molecule has 1 aromatic heterocycles. The molecule has 2 aliphatic rings. The molecule has 0 saturated heterocycles. The Morgan fingerprint density at radius 1 is 1.35 bits per heavy atom. The number of pyridine rings is 1. The van der Waals surface area contributed by atoms with Crippen molar-refractivity contribution in [2.75, 3.05) is 5.75 Å². The van der Waals surface area contributed by atoms with Gasteiger partial charge in [-0.25, -0.2) is 4.79 Å². The third kappa shape index (κ3) is 4.87. The van der Waals surface area contributed by atoms with Gasteiger partial charge in [-0.3, -0.25) is 4.98 Å². The first-order valence-corrected chi connectivity index (χ1v) is 9.89. The topological polar surface area (TPSA) is 45.2 Å². The predicted octanol–water partition coefficient (Wildman–Crippen LogP) is 3.82. The van der Waals surface area contributed by atoms with Crippen LogP contribution < -0.4 is 5.32 Å². The van der Waals surface area contributed by atoms with Crippen LogP contribution in [0.4, 0.5) is 4.79 Å². The molecule has 126 valence electrons. The van der Waals surface area contributed by atoms with E-state index in [1.54, 1.807) is 6.20 Å². The van der Waals surface area contributed by atoms with Gasteiger partial charge in [-0.2, -0.15) is 11.8 Å². The number of carbonyl (C=O) groups is 1. The minimum atomic E-state index is 0.102. The Morgan fingerprint density at radius 2 is 2.22 bits per heavy atom. The van der Waals surface area contributed by atoms with Crippen molar-refractivity contribution in [2.24, 2.45) is 0 Å². The number of carbonyl (C=O) groups excluding carboxylic acids is 1. The lowest BCUT2D eigenvalue weighted by atomic mass is 9.95. The molecule has 1 N–H and O–H groups in total. The van der Waals surface area contributed by atoms with E-state index >= 15 is 0 Å². The van der Waals surface area contributed by atoms with Crippen LogP contribution in [0.2, 0.25) is 0 Å².